The van der Waals surface area contributed by atoms with Crippen LogP contribution in [0.25, 0.3) is 49.7 Å². The largest absolute Gasteiger partial charge is 0.337 e. The van der Waals surface area contributed by atoms with E-state index in [1.807, 2.05) is 43.3 Å². The molecule has 0 N–H and O–H groups in total. The predicted octanol–water partition coefficient (Wildman–Crippen LogP) is 11.1. The van der Waals surface area contributed by atoms with Crippen LogP contribution in [0.15, 0.2) is 164 Å². The Kier molecular flexibility index (Phi) is 7.64. The van der Waals surface area contributed by atoms with Gasteiger partial charge in [0.25, 0.3) is 0 Å². The summed E-state index contributed by atoms with van der Waals surface area (Å²) in [6.07, 6.45) is 14.8. The first-order valence-electron chi connectivity index (χ1n) is 16.9. The summed E-state index contributed by atoms with van der Waals surface area (Å²) >= 11 is 0. The van der Waals surface area contributed by atoms with E-state index in [1.54, 1.807) is 0 Å². The summed E-state index contributed by atoms with van der Waals surface area (Å²) in [7, 11) is 0. The van der Waals surface area contributed by atoms with Crippen molar-refractivity contribution in [3.8, 4) is 40.1 Å². The van der Waals surface area contributed by atoms with Gasteiger partial charge in [-0.2, -0.15) is 10.5 Å². The van der Waals surface area contributed by atoms with E-state index in [4.69, 9.17) is 0 Å². The number of fused-ring (bicyclic) bond motifs is 4. The van der Waals surface area contributed by atoms with Crippen LogP contribution in [0.4, 0.5) is 5.69 Å². The molecule has 0 saturated carbocycles. The second kappa shape index (κ2) is 12.4. The van der Waals surface area contributed by atoms with Crippen molar-refractivity contribution in [2.24, 2.45) is 5.92 Å². The molecule has 2 atom stereocenters. The van der Waals surface area contributed by atoms with E-state index in [0.29, 0.717) is 11.1 Å². The molecule has 0 bridgehead atoms. The number of anilines is 1. The Balaban J connectivity index is 1.34. The minimum absolute atomic E-state index is 0.115. The van der Waals surface area contributed by atoms with Gasteiger partial charge >= 0.3 is 0 Å². The molecule has 2 unspecified atom stereocenters. The number of nitriles is 2. The summed E-state index contributed by atoms with van der Waals surface area (Å²) in [5, 5.41) is 22.5. The summed E-state index contributed by atoms with van der Waals surface area (Å²) in [4.78, 5) is 2.43. The molecule has 0 radical (unpaired) electrons. The third-order valence-corrected chi connectivity index (χ3v) is 10.1. The van der Waals surface area contributed by atoms with Crippen LogP contribution in [0.2, 0.25) is 0 Å². The Morgan fingerprint density at radius 1 is 0.740 bits per heavy atom. The molecule has 2 aliphatic rings. The van der Waals surface area contributed by atoms with E-state index in [-0.39, 0.29) is 12.0 Å². The van der Waals surface area contributed by atoms with E-state index in [1.165, 1.54) is 11.3 Å². The number of allylic oxidation sites excluding steroid dienone is 6. The maximum atomic E-state index is 10.7. The van der Waals surface area contributed by atoms with Gasteiger partial charge in [0.05, 0.1) is 34.3 Å². The highest BCUT2D eigenvalue weighted by atomic mass is 15.2. The molecule has 2 heterocycles. The van der Waals surface area contributed by atoms with Crippen LogP contribution in [0.5, 0.6) is 0 Å². The number of rotatable bonds is 6. The van der Waals surface area contributed by atoms with Crippen molar-refractivity contribution in [1.29, 1.82) is 10.5 Å². The lowest BCUT2D eigenvalue weighted by molar-refractivity contribution is 0.684. The molecule has 4 nitrogen and oxygen atoms in total. The van der Waals surface area contributed by atoms with Gasteiger partial charge in [-0.3, -0.25) is 0 Å². The Hall–Kier alpha value is -6.62. The fraction of sp³-hybridized carbons (Fsp3) is 0.0870. The molecule has 238 valence electrons. The molecular formula is C46H34N4. The monoisotopic (exact) mass is 642 g/mol. The van der Waals surface area contributed by atoms with Crippen LogP contribution in [-0.4, -0.2) is 10.6 Å². The Morgan fingerprint density at radius 3 is 2.38 bits per heavy atom. The molecule has 0 spiro atoms. The smallest absolute Gasteiger partial charge is 0.100 e. The van der Waals surface area contributed by atoms with Crippen LogP contribution >= 0.6 is 0 Å². The molecule has 8 rings (SSSR count). The zero-order valence-electron chi connectivity index (χ0n) is 28.0. The third-order valence-electron chi connectivity index (χ3n) is 10.1. The molecule has 50 heavy (non-hydrogen) atoms. The van der Waals surface area contributed by atoms with Gasteiger partial charge in [-0.05, 0) is 78.6 Å². The van der Waals surface area contributed by atoms with Crippen molar-refractivity contribution in [3.63, 3.8) is 0 Å². The van der Waals surface area contributed by atoms with Crippen molar-refractivity contribution in [3.05, 3.63) is 180 Å². The fourth-order valence-corrected chi connectivity index (χ4v) is 7.88. The normalized spacial score (nSPS) is 16.7. The zero-order chi connectivity index (χ0) is 34.4. The fourth-order valence-electron chi connectivity index (χ4n) is 7.88. The van der Waals surface area contributed by atoms with E-state index in [9.17, 15) is 10.5 Å². The number of aryl methyl sites for hydroxylation is 1. The van der Waals surface area contributed by atoms with Gasteiger partial charge in [-0.1, -0.05) is 110 Å². The maximum absolute atomic E-state index is 10.7. The molecule has 1 aliphatic carbocycles. The predicted molar refractivity (Wildman–Crippen MR) is 206 cm³/mol. The maximum Gasteiger partial charge on any atom is 0.100 e. The molecular weight excluding hydrogens is 609 g/mol. The van der Waals surface area contributed by atoms with Crippen molar-refractivity contribution in [2.45, 2.75) is 19.9 Å². The van der Waals surface area contributed by atoms with Gasteiger partial charge in [0.15, 0.2) is 0 Å². The molecule has 4 heteroatoms. The topological polar surface area (TPSA) is 55.8 Å². The van der Waals surface area contributed by atoms with E-state index in [2.05, 4.69) is 144 Å². The Bertz CT molecular complexity index is 2580. The summed E-state index contributed by atoms with van der Waals surface area (Å²) in [5.41, 5.74) is 12.8. The van der Waals surface area contributed by atoms with Crippen molar-refractivity contribution in [1.82, 2.24) is 4.57 Å². The highest BCUT2D eigenvalue weighted by Gasteiger charge is 2.37. The second-order valence-corrected chi connectivity index (χ2v) is 12.8. The zero-order valence-corrected chi connectivity index (χ0v) is 28.0. The summed E-state index contributed by atoms with van der Waals surface area (Å²) in [6, 6.07) is 40.5. The van der Waals surface area contributed by atoms with Gasteiger partial charge in [0.1, 0.15) is 6.07 Å². The number of aromatic nitrogens is 1. The quantitative estimate of drug-likeness (QED) is 0.170. The summed E-state index contributed by atoms with van der Waals surface area (Å²) in [5.74, 6) is 0.212. The van der Waals surface area contributed by atoms with Gasteiger partial charge < -0.3 is 9.47 Å². The average molecular weight is 643 g/mol. The van der Waals surface area contributed by atoms with Gasteiger partial charge in [-0.25, -0.2) is 0 Å². The van der Waals surface area contributed by atoms with E-state index < -0.39 is 0 Å². The van der Waals surface area contributed by atoms with Gasteiger partial charge in [0.2, 0.25) is 0 Å². The summed E-state index contributed by atoms with van der Waals surface area (Å²) < 4.78 is 2.27. The van der Waals surface area contributed by atoms with Crippen LogP contribution in [0.3, 0.4) is 0 Å². The van der Waals surface area contributed by atoms with Crippen LogP contribution in [-0.2, 0) is 0 Å². The molecule has 0 amide bonds. The van der Waals surface area contributed by atoms with E-state index in [0.717, 1.165) is 61.0 Å². The number of nitrogens with zero attached hydrogens (tertiary/aromatic N) is 4. The van der Waals surface area contributed by atoms with Gasteiger partial charge in [0, 0.05) is 44.9 Å². The molecule has 0 saturated heterocycles. The van der Waals surface area contributed by atoms with Crippen LogP contribution in [0, 0.1) is 35.5 Å². The SMILES string of the molecule is C=C/C=C\C1=C(C)N(c2ccccc2-c2c(-c3cccc(-n4c5ccccc5c5cc(C#N)ccc54)c3)ccc(C)c2C#N)C2C=CC=CC12. The second-order valence-electron chi connectivity index (χ2n) is 12.8. The highest BCUT2D eigenvalue weighted by molar-refractivity contribution is 6.09. The number of hydrogen-bond donors (Lipinski definition) is 0. The van der Waals surface area contributed by atoms with Crippen LogP contribution < -0.4 is 4.90 Å². The minimum atomic E-state index is 0.115. The Labute approximate surface area is 292 Å². The lowest BCUT2D eigenvalue weighted by atomic mass is 9.86. The lowest BCUT2D eigenvalue weighted by Crippen LogP contribution is -2.32. The summed E-state index contributed by atoms with van der Waals surface area (Å²) in [6.45, 7) is 8.12. The average Bonchev–Trinajstić information content (AvgIpc) is 3.64. The van der Waals surface area contributed by atoms with E-state index >= 15 is 0 Å². The van der Waals surface area contributed by atoms with Crippen molar-refractivity contribution in [2.75, 3.05) is 4.90 Å². The molecule has 1 aromatic heterocycles. The standard InChI is InChI=1S/C46H34N4/c1-4-5-15-35-31(3)49(42-19-9-6-16-37(35)42)44-21-11-8-18-39(44)46-36(24-22-30(2)41(46)29-48)33-13-12-14-34(27-33)50-43-20-10-7-17-38(43)40-26-32(28-47)23-25-45(40)50/h4-27,37,42H,1H2,2-3H3/b15-5-. The van der Waals surface area contributed by atoms with Crippen molar-refractivity contribution >= 4 is 27.5 Å². The first kappa shape index (κ1) is 30.7. The highest BCUT2D eigenvalue weighted by Crippen LogP contribution is 2.47. The lowest BCUT2D eigenvalue weighted by Gasteiger charge is -2.32. The Morgan fingerprint density at radius 2 is 1.54 bits per heavy atom. The van der Waals surface area contributed by atoms with Crippen molar-refractivity contribution < 1.29 is 0 Å². The first-order chi connectivity index (χ1) is 24.5. The number of hydrogen-bond acceptors (Lipinski definition) is 3. The molecule has 0 fully saturated rings. The molecule has 1 aliphatic heterocycles. The third kappa shape index (κ3) is 4.81. The van der Waals surface area contributed by atoms with Gasteiger partial charge in [-0.15, -0.1) is 0 Å². The molecule has 6 aromatic rings. The number of para-hydroxylation sites is 2. The number of benzene rings is 5. The van der Waals surface area contributed by atoms with Crippen LogP contribution in [0.1, 0.15) is 23.6 Å². The molecule has 5 aromatic carbocycles. The minimum Gasteiger partial charge on any atom is -0.337 e. The first-order valence-corrected chi connectivity index (χ1v) is 16.9.